The van der Waals surface area contributed by atoms with Crippen molar-refractivity contribution >= 4 is 0 Å². The molecular formula is HFeNaO2. The Morgan fingerprint density at radius 3 is 1.25 bits per heavy atom. The van der Waals surface area contributed by atoms with Gasteiger partial charge in [0.25, 0.3) is 0 Å². The Balaban J connectivity index is -0.00000000500. The Bertz CT molecular complexity index is 6.00. The summed E-state index contributed by atoms with van der Waals surface area (Å²) in [4.78, 5) is 0. The number of hydrogen-bond acceptors (Lipinski definition) is 2. The second-order valence-corrected chi connectivity index (χ2v) is 0. The molecule has 0 aromatic heterocycles. The molecule has 0 heterocycles. The monoisotopic (exact) mass is 112 g/mol. The van der Waals surface area contributed by atoms with Gasteiger partial charge in [-0.15, -0.1) is 0 Å². The zero-order chi connectivity index (χ0) is 2.00. The van der Waals surface area contributed by atoms with Crippen LogP contribution >= 0.6 is 0 Å². The van der Waals surface area contributed by atoms with Crippen molar-refractivity contribution in [2.24, 2.45) is 0 Å². The fourth-order valence-electron chi connectivity index (χ4n) is 0. The van der Waals surface area contributed by atoms with Gasteiger partial charge in [0.05, 0.1) is 0 Å². The first-order valence-electron chi connectivity index (χ1n) is 0.183. The second-order valence-electron chi connectivity index (χ2n) is 0. The third-order valence-electron chi connectivity index (χ3n) is 0. The molecule has 2 nitrogen and oxygen atoms in total. The van der Waals surface area contributed by atoms with Gasteiger partial charge in [-0.25, -0.2) is 0 Å². The average molecular weight is 112 g/mol. The Morgan fingerprint density at radius 2 is 1.25 bits per heavy atom. The molecular weight excluding hydrogens is 111 g/mol. The van der Waals surface area contributed by atoms with E-state index >= 15 is 0 Å². The standard InChI is InChI=1S/Fe.Na.H2O2/c;;1-2/h;;1-2H/q;+1;/p-1. The Kier molecular flexibility index (Phi) is 114. The van der Waals surface area contributed by atoms with Crippen LogP contribution in [-0.4, -0.2) is 5.26 Å². The molecule has 4 heteroatoms. The SMILES string of the molecule is [Fe].[Na+].[O-]O. The molecule has 0 saturated carbocycles. The van der Waals surface area contributed by atoms with Crippen molar-refractivity contribution in [3.05, 3.63) is 0 Å². The molecule has 0 atom stereocenters. The maximum absolute atomic E-state index is 7.25. The zero-order valence-corrected chi connectivity index (χ0v) is 5.31. The van der Waals surface area contributed by atoms with E-state index in [0.29, 0.717) is 0 Å². The van der Waals surface area contributed by atoms with E-state index in [0.717, 1.165) is 0 Å². The summed E-state index contributed by atoms with van der Waals surface area (Å²) in [6.07, 6.45) is 0. The van der Waals surface area contributed by atoms with Crippen molar-refractivity contribution in [2.45, 2.75) is 0 Å². The van der Waals surface area contributed by atoms with E-state index in [4.69, 9.17) is 10.5 Å². The van der Waals surface area contributed by atoms with Crippen LogP contribution in [0.5, 0.6) is 0 Å². The van der Waals surface area contributed by atoms with Gasteiger partial charge in [-0.2, -0.15) is 0 Å². The van der Waals surface area contributed by atoms with Crippen molar-refractivity contribution in [1.29, 1.82) is 0 Å². The van der Waals surface area contributed by atoms with Gasteiger partial charge < -0.3 is 10.5 Å². The van der Waals surface area contributed by atoms with Gasteiger partial charge in [0.2, 0.25) is 0 Å². The van der Waals surface area contributed by atoms with Crippen LogP contribution in [0.25, 0.3) is 0 Å². The van der Waals surface area contributed by atoms with Crippen LogP contribution in [0.4, 0.5) is 0 Å². The molecule has 0 amide bonds. The topological polar surface area (TPSA) is 43.3 Å². The molecule has 4 heavy (non-hydrogen) atoms. The molecule has 0 bridgehead atoms. The molecule has 22 valence electrons. The van der Waals surface area contributed by atoms with E-state index < -0.39 is 0 Å². The molecule has 0 radical (unpaired) electrons. The van der Waals surface area contributed by atoms with Crippen LogP contribution in [0, 0.1) is 0 Å². The maximum Gasteiger partial charge on any atom is 1.00 e. The van der Waals surface area contributed by atoms with E-state index in [1.807, 2.05) is 0 Å². The third kappa shape index (κ3) is 9.88. The largest absolute Gasteiger partial charge is 1.00 e. The van der Waals surface area contributed by atoms with E-state index in [1.165, 1.54) is 0 Å². The van der Waals surface area contributed by atoms with E-state index in [1.54, 1.807) is 0 Å². The van der Waals surface area contributed by atoms with Crippen LogP contribution in [-0.2, 0) is 17.1 Å². The molecule has 1 N–H and O–H groups in total. The fraction of sp³-hybridized carbons (Fsp3) is 0. The summed E-state index contributed by atoms with van der Waals surface area (Å²) >= 11 is 0. The van der Waals surface area contributed by atoms with Crippen molar-refractivity contribution in [2.75, 3.05) is 0 Å². The van der Waals surface area contributed by atoms with Gasteiger partial charge in [0.15, 0.2) is 0 Å². The van der Waals surface area contributed by atoms with Gasteiger partial charge in [0, 0.05) is 17.1 Å². The van der Waals surface area contributed by atoms with Crippen LogP contribution in [0.2, 0.25) is 0 Å². The van der Waals surface area contributed by atoms with Crippen LogP contribution in [0.15, 0.2) is 0 Å². The normalized spacial score (nSPS) is 1.50. The quantitative estimate of drug-likeness (QED) is 0.196. The summed E-state index contributed by atoms with van der Waals surface area (Å²) in [6, 6.07) is 0. The summed E-state index contributed by atoms with van der Waals surface area (Å²) in [5, 5.41) is 13.0. The number of hydrogen-bond donors (Lipinski definition) is 1. The van der Waals surface area contributed by atoms with Crippen molar-refractivity contribution in [3.8, 4) is 0 Å². The Hall–Kier alpha value is 1.44. The first-order valence-corrected chi connectivity index (χ1v) is 0.183. The minimum atomic E-state index is 0. The van der Waals surface area contributed by atoms with Crippen molar-refractivity contribution in [3.63, 3.8) is 0 Å². The molecule has 0 aliphatic rings. The average Bonchev–Trinajstić information content (AvgIpc) is 1.00. The first kappa shape index (κ1) is 18.0. The molecule has 0 aliphatic carbocycles. The van der Waals surface area contributed by atoms with Gasteiger partial charge in [-0.3, -0.25) is 0 Å². The summed E-state index contributed by atoms with van der Waals surface area (Å²) in [5.74, 6) is 0. The van der Waals surface area contributed by atoms with Gasteiger partial charge in [-0.1, -0.05) is 0 Å². The maximum atomic E-state index is 7.25. The smallest absolute Gasteiger partial charge is 0.727 e. The summed E-state index contributed by atoms with van der Waals surface area (Å²) in [6.45, 7) is 0. The van der Waals surface area contributed by atoms with Gasteiger partial charge in [0.1, 0.15) is 0 Å². The first-order chi connectivity index (χ1) is 1.00. The van der Waals surface area contributed by atoms with Gasteiger partial charge in [-0.05, 0) is 0 Å². The van der Waals surface area contributed by atoms with Gasteiger partial charge >= 0.3 is 29.6 Å². The van der Waals surface area contributed by atoms with Crippen LogP contribution in [0.3, 0.4) is 0 Å². The van der Waals surface area contributed by atoms with E-state index in [-0.39, 0.29) is 46.6 Å². The molecule has 0 aromatic carbocycles. The molecule has 0 rings (SSSR count). The van der Waals surface area contributed by atoms with Crippen LogP contribution in [0.1, 0.15) is 0 Å². The van der Waals surface area contributed by atoms with E-state index in [9.17, 15) is 0 Å². The van der Waals surface area contributed by atoms with Crippen molar-refractivity contribution in [1.82, 2.24) is 0 Å². The molecule has 0 aromatic rings. The molecule has 0 unspecified atom stereocenters. The predicted molar refractivity (Wildman–Crippen MR) is 2.63 cm³/mol. The summed E-state index contributed by atoms with van der Waals surface area (Å²) < 4.78 is 0. The molecule has 0 saturated heterocycles. The second kappa shape index (κ2) is 25.3. The molecule has 0 fully saturated rings. The van der Waals surface area contributed by atoms with Crippen LogP contribution < -0.4 is 34.8 Å². The minimum Gasteiger partial charge on any atom is -0.727 e. The third-order valence-corrected chi connectivity index (χ3v) is 0. The summed E-state index contributed by atoms with van der Waals surface area (Å²) in [5.41, 5.74) is 0. The molecule has 0 spiro atoms. The molecule has 0 aliphatic heterocycles. The predicted octanol–water partition coefficient (Wildman–Crippen LogP) is -4.18. The fourth-order valence-corrected chi connectivity index (χ4v) is 0. The Labute approximate surface area is 56.9 Å². The zero-order valence-electron chi connectivity index (χ0n) is 2.21. The Morgan fingerprint density at radius 1 is 1.25 bits per heavy atom. The van der Waals surface area contributed by atoms with E-state index in [2.05, 4.69) is 0 Å². The minimum absolute atomic E-state index is 0. The number of rotatable bonds is 0. The van der Waals surface area contributed by atoms with Crippen molar-refractivity contribution < 1.29 is 57.1 Å². The summed E-state index contributed by atoms with van der Waals surface area (Å²) in [7, 11) is 0.